The predicted octanol–water partition coefficient (Wildman–Crippen LogP) is 2.12. The molecule has 2 rings (SSSR count). The second kappa shape index (κ2) is 11.9. The lowest BCUT2D eigenvalue weighted by Gasteiger charge is -2.21. The van der Waals surface area contributed by atoms with Crippen molar-refractivity contribution in [3.05, 3.63) is 83.2 Å². The van der Waals surface area contributed by atoms with Gasteiger partial charge in [-0.3, -0.25) is 4.79 Å². The van der Waals surface area contributed by atoms with Crippen LogP contribution >= 0.6 is 0 Å². The number of amides is 1. The van der Waals surface area contributed by atoms with Gasteiger partial charge < -0.3 is 26.8 Å². The Kier molecular flexibility index (Phi) is 9.21. The van der Waals surface area contributed by atoms with E-state index in [0.717, 1.165) is 42.5 Å². The van der Waals surface area contributed by atoms with E-state index in [0.29, 0.717) is 13.1 Å². The lowest BCUT2D eigenvalue weighted by molar-refractivity contribution is -0.125. The molecule has 29 heavy (non-hydrogen) atoms. The molecule has 1 aromatic carbocycles. The summed E-state index contributed by atoms with van der Waals surface area (Å²) in [6, 6.07) is 9.64. The minimum atomic E-state index is -0.502. The van der Waals surface area contributed by atoms with Crippen molar-refractivity contribution in [2.75, 3.05) is 26.7 Å². The molecule has 0 aliphatic heterocycles. The van der Waals surface area contributed by atoms with Crippen LogP contribution in [0.2, 0.25) is 0 Å². The van der Waals surface area contributed by atoms with E-state index >= 15 is 0 Å². The van der Waals surface area contributed by atoms with Crippen LogP contribution in [0.4, 0.5) is 0 Å². The number of nitrogens with two attached hydrogens (primary N) is 2. The Labute approximate surface area is 173 Å². The maximum atomic E-state index is 12.6. The summed E-state index contributed by atoms with van der Waals surface area (Å²) in [6.45, 7) is 1.74. The summed E-state index contributed by atoms with van der Waals surface area (Å²) in [5.74, 6) is 0.00850. The van der Waals surface area contributed by atoms with Crippen molar-refractivity contribution in [1.82, 2.24) is 10.2 Å². The highest BCUT2D eigenvalue weighted by Gasteiger charge is 2.17. The van der Waals surface area contributed by atoms with Gasteiger partial charge in [-0.2, -0.15) is 0 Å². The van der Waals surface area contributed by atoms with E-state index < -0.39 is 6.10 Å². The molecule has 1 amide bonds. The highest BCUT2D eigenvalue weighted by Crippen LogP contribution is 2.22. The number of hydrogen-bond acceptors (Lipinski definition) is 5. The van der Waals surface area contributed by atoms with Crippen molar-refractivity contribution in [2.45, 2.75) is 25.4 Å². The largest absolute Gasteiger partial charge is 0.405 e. The Hall–Kier alpha value is -2.83. The molecule has 0 fully saturated rings. The molecule has 0 radical (unpaired) electrons. The van der Waals surface area contributed by atoms with Gasteiger partial charge in [-0.1, -0.05) is 48.1 Å². The Morgan fingerprint density at radius 1 is 1.24 bits per heavy atom. The van der Waals surface area contributed by atoms with Crippen LogP contribution in [0.15, 0.2) is 77.7 Å². The van der Waals surface area contributed by atoms with Crippen molar-refractivity contribution < 1.29 is 9.90 Å². The van der Waals surface area contributed by atoms with E-state index in [1.165, 1.54) is 18.0 Å². The van der Waals surface area contributed by atoms with Gasteiger partial charge in [0.2, 0.25) is 5.91 Å². The van der Waals surface area contributed by atoms with Gasteiger partial charge in [0.15, 0.2) is 0 Å². The molecular weight excluding hydrogens is 364 g/mol. The second-order valence-corrected chi connectivity index (χ2v) is 7.16. The van der Waals surface area contributed by atoms with Gasteiger partial charge in [0.05, 0.1) is 6.10 Å². The molecule has 1 unspecified atom stereocenters. The van der Waals surface area contributed by atoms with Gasteiger partial charge in [-0.05, 0) is 55.4 Å². The van der Waals surface area contributed by atoms with Crippen LogP contribution in [0.25, 0.3) is 0 Å². The monoisotopic (exact) mass is 396 g/mol. The lowest BCUT2D eigenvalue weighted by Crippen LogP contribution is -2.30. The van der Waals surface area contributed by atoms with Crippen molar-refractivity contribution in [1.29, 1.82) is 0 Å². The number of allylic oxidation sites excluding steroid dienone is 2. The number of aliphatic hydroxyl groups is 1. The third-order valence-corrected chi connectivity index (χ3v) is 4.95. The fourth-order valence-corrected chi connectivity index (χ4v) is 3.22. The van der Waals surface area contributed by atoms with Crippen LogP contribution < -0.4 is 16.8 Å². The fourth-order valence-electron chi connectivity index (χ4n) is 3.22. The zero-order valence-corrected chi connectivity index (χ0v) is 17.1. The number of benzene rings is 1. The van der Waals surface area contributed by atoms with Crippen LogP contribution in [0.5, 0.6) is 0 Å². The number of nitrogens with zero attached hydrogens (tertiary/aromatic N) is 1. The molecular formula is C23H32N4O2. The number of carbonyl (C=O) groups is 1. The van der Waals surface area contributed by atoms with Gasteiger partial charge >= 0.3 is 0 Å². The Balaban J connectivity index is 1.77. The minimum Gasteiger partial charge on any atom is -0.405 e. The number of hydrogen-bond donors (Lipinski definition) is 4. The summed E-state index contributed by atoms with van der Waals surface area (Å²) in [5.41, 5.74) is 14.8. The number of rotatable bonds is 10. The van der Waals surface area contributed by atoms with Crippen molar-refractivity contribution >= 4 is 5.91 Å². The molecule has 1 aromatic rings. The molecule has 1 aliphatic rings. The third-order valence-electron chi connectivity index (χ3n) is 4.95. The molecule has 156 valence electrons. The highest BCUT2D eigenvalue weighted by molar-refractivity contribution is 5.94. The topological polar surface area (TPSA) is 105 Å². The van der Waals surface area contributed by atoms with E-state index in [9.17, 15) is 9.90 Å². The van der Waals surface area contributed by atoms with Gasteiger partial charge in [0, 0.05) is 25.7 Å². The fraction of sp³-hybridized carbons (Fsp3) is 0.348. The molecule has 0 heterocycles. The molecule has 6 nitrogen and oxygen atoms in total. The standard InChI is InChI=1S/C23H32N4O2/c1-27(17-19(15-25)11-13-24)23(29)21-9-7-18(8-10-21)12-14-26-16-22(28)20-5-3-2-4-6-20/h2-7,9,11,13,15,22,26,28H,8,10,12,14,16-17,24-25H2,1H3/b13-11-,19-15+. The molecule has 1 aliphatic carbocycles. The molecule has 0 aromatic heterocycles. The number of likely N-dealkylation sites (N-methyl/N-ethyl adjacent to an activating group) is 1. The first kappa shape index (κ1) is 22.5. The maximum absolute atomic E-state index is 12.6. The lowest BCUT2D eigenvalue weighted by atomic mass is 9.95. The van der Waals surface area contributed by atoms with Gasteiger partial charge in [0.25, 0.3) is 0 Å². The maximum Gasteiger partial charge on any atom is 0.249 e. The van der Waals surface area contributed by atoms with Crippen LogP contribution in [-0.2, 0) is 4.79 Å². The van der Waals surface area contributed by atoms with Crippen molar-refractivity contribution in [3.63, 3.8) is 0 Å². The first-order valence-electron chi connectivity index (χ1n) is 9.92. The quantitative estimate of drug-likeness (QED) is 0.358. The summed E-state index contributed by atoms with van der Waals surface area (Å²) in [6.07, 6.45) is 10.5. The first-order chi connectivity index (χ1) is 14.0. The normalized spacial score (nSPS) is 15.7. The molecule has 0 saturated heterocycles. The summed E-state index contributed by atoms with van der Waals surface area (Å²) in [7, 11) is 1.76. The molecule has 6 N–H and O–H groups in total. The average molecular weight is 397 g/mol. The molecule has 0 bridgehead atoms. The minimum absolute atomic E-state index is 0.00850. The van der Waals surface area contributed by atoms with Gasteiger partial charge in [-0.25, -0.2) is 0 Å². The van der Waals surface area contributed by atoms with E-state index in [1.54, 1.807) is 18.0 Å². The van der Waals surface area contributed by atoms with Crippen LogP contribution in [0.1, 0.15) is 30.9 Å². The Bertz CT molecular complexity index is 781. The molecule has 1 atom stereocenters. The number of carbonyl (C=O) groups excluding carboxylic acids is 1. The van der Waals surface area contributed by atoms with Crippen molar-refractivity contribution in [3.8, 4) is 0 Å². The van der Waals surface area contributed by atoms with E-state index in [4.69, 9.17) is 11.5 Å². The van der Waals surface area contributed by atoms with Crippen LogP contribution in [0, 0.1) is 0 Å². The van der Waals surface area contributed by atoms with E-state index in [-0.39, 0.29) is 5.91 Å². The van der Waals surface area contributed by atoms with E-state index in [1.807, 2.05) is 42.5 Å². The SMILES string of the molecule is CN(CC(/C=C\N)=C/N)C(=O)C1=CC=C(CCNCC(O)c2ccccc2)CC1. The third kappa shape index (κ3) is 7.25. The molecule has 0 saturated carbocycles. The second-order valence-electron chi connectivity index (χ2n) is 7.16. The Morgan fingerprint density at radius 3 is 2.62 bits per heavy atom. The van der Waals surface area contributed by atoms with Crippen LogP contribution in [-0.4, -0.2) is 42.6 Å². The average Bonchev–Trinajstić information content (AvgIpc) is 2.76. The number of nitrogens with one attached hydrogen (secondary N) is 1. The zero-order valence-electron chi connectivity index (χ0n) is 17.1. The smallest absolute Gasteiger partial charge is 0.249 e. The summed E-state index contributed by atoms with van der Waals surface area (Å²) >= 11 is 0. The summed E-state index contributed by atoms with van der Waals surface area (Å²) in [5, 5.41) is 13.5. The Morgan fingerprint density at radius 2 is 2.00 bits per heavy atom. The summed E-state index contributed by atoms with van der Waals surface area (Å²) in [4.78, 5) is 14.2. The first-order valence-corrected chi connectivity index (χ1v) is 9.92. The van der Waals surface area contributed by atoms with Gasteiger partial charge in [-0.15, -0.1) is 0 Å². The van der Waals surface area contributed by atoms with Crippen LogP contribution in [0.3, 0.4) is 0 Å². The number of aliphatic hydroxyl groups excluding tert-OH is 1. The predicted molar refractivity (Wildman–Crippen MR) is 118 cm³/mol. The van der Waals surface area contributed by atoms with Crippen molar-refractivity contribution in [2.24, 2.45) is 11.5 Å². The summed E-state index contributed by atoms with van der Waals surface area (Å²) < 4.78 is 0. The highest BCUT2D eigenvalue weighted by atomic mass is 16.3. The van der Waals surface area contributed by atoms with E-state index in [2.05, 4.69) is 5.32 Å². The zero-order chi connectivity index (χ0) is 21.1. The molecule has 0 spiro atoms. The van der Waals surface area contributed by atoms with Gasteiger partial charge in [0.1, 0.15) is 0 Å². The molecule has 6 heteroatoms.